The highest BCUT2D eigenvalue weighted by molar-refractivity contribution is 7.89. The number of benzene rings is 2. The zero-order valence-corrected chi connectivity index (χ0v) is 17.4. The Morgan fingerprint density at radius 3 is 2.71 bits per heavy atom. The Kier molecular flexibility index (Phi) is 6.29. The summed E-state index contributed by atoms with van der Waals surface area (Å²) in [6.07, 6.45) is 1.06. The van der Waals surface area contributed by atoms with Crippen molar-refractivity contribution >= 4 is 44.8 Å². The first kappa shape index (κ1) is 21.0. The molecule has 1 aliphatic rings. The van der Waals surface area contributed by atoms with E-state index < -0.39 is 21.8 Å². The van der Waals surface area contributed by atoms with Crippen LogP contribution in [0.1, 0.15) is 18.4 Å². The molecule has 0 bridgehead atoms. The number of piperidine rings is 1. The van der Waals surface area contributed by atoms with Crippen molar-refractivity contribution in [3.05, 3.63) is 57.8 Å². The van der Waals surface area contributed by atoms with Gasteiger partial charge in [-0.15, -0.1) is 0 Å². The number of anilines is 1. The number of rotatable bonds is 4. The summed E-state index contributed by atoms with van der Waals surface area (Å²) >= 11 is 12.0. The van der Waals surface area contributed by atoms with Gasteiger partial charge < -0.3 is 5.32 Å². The average Bonchev–Trinajstić information content (AvgIpc) is 2.66. The summed E-state index contributed by atoms with van der Waals surface area (Å²) in [7, 11) is -3.89. The molecule has 0 radical (unpaired) electrons. The van der Waals surface area contributed by atoms with Crippen LogP contribution in [0.3, 0.4) is 0 Å². The van der Waals surface area contributed by atoms with Crippen LogP contribution in [0.15, 0.2) is 41.3 Å². The number of hydrogen-bond acceptors (Lipinski definition) is 3. The van der Waals surface area contributed by atoms with Gasteiger partial charge in [-0.05, 0) is 55.7 Å². The molecule has 1 fully saturated rings. The Labute approximate surface area is 173 Å². The molecule has 0 saturated carbocycles. The molecule has 2 aromatic rings. The summed E-state index contributed by atoms with van der Waals surface area (Å²) in [5.74, 6) is -1.35. The lowest BCUT2D eigenvalue weighted by Gasteiger charge is -2.31. The van der Waals surface area contributed by atoms with Crippen molar-refractivity contribution < 1.29 is 17.6 Å². The monoisotopic (exact) mass is 444 g/mol. The van der Waals surface area contributed by atoms with Crippen molar-refractivity contribution in [2.45, 2.75) is 24.7 Å². The van der Waals surface area contributed by atoms with Crippen LogP contribution in [-0.2, 0) is 14.8 Å². The summed E-state index contributed by atoms with van der Waals surface area (Å²) in [5.41, 5.74) is 1.10. The molecule has 28 heavy (non-hydrogen) atoms. The first-order valence-corrected chi connectivity index (χ1v) is 10.9. The van der Waals surface area contributed by atoms with Gasteiger partial charge in [0.1, 0.15) is 10.7 Å². The first-order valence-electron chi connectivity index (χ1n) is 8.70. The maximum atomic E-state index is 13.5. The molecule has 1 aliphatic heterocycles. The van der Waals surface area contributed by atoms with Crippen molar-refractivity contribution in [2.75, 3.05) is 18.4 Å². The molecule has 2 aromatic carbocycles. The molecule has 1 unspecified atom stereocenters. The highest BCUT2D eigenvalue weighted by Gasteiger charge is 2.34. The largest absolute Gasteiger partial charge is 0.325 e. The summed E-state index contributed by atoms with van der Waals surface area (Å²) in [6.45, 7) is 2.06. The van der Waals surface area contributed by atoms with Crippen LogP contribution in [0.4, 0.5) is 10.1 Å². The predicted octanol–water partition coefficient (Wildman–Crippen LogP) is 4.48. The molecule has 3 rings (SSSR count). The second kappa shape index (κ2) is 8.37. The SMILES string of the molecule is Cc1ccc(F)cc1NC(=O)C1CCCN(S(=O)(=O)c2cc(Cl)ccc2Cl)C1. The summed E-state index contributed by atoms with van der Waals surface area (Å²) < 4.78 is 40.7. The third-order valence-electron chi connectivity index (χ3n) is 4.72. The van der Waals surface area contributed by atoms with Crippen LogP contribution in [0.5, 0.6) is 0 Å². The highest BCUT2D eigenvalue weighted by Crippen LogP contribution is 2.31. The molecule has 5 nitrogen and oxygen atoms in total. The fraction of sp³-hybridized carbons (Fsp3) is 0.316. The van der Waals surface area contributed by atoms with E-state index in [1.165, 1.54) is 34.6 Å². The smallest absolute Gasteiger partial charge is 0.244 e. The number of halogens is 3. The van der Waals surface area contributed by atoms with E-state index in [4.69, 9.17) is 23.2 Å². The van der Waals surface area contributed by atoms with Crippen LogP contribution in [0.25, 0.3) is 0 Å². The van der Waals surface area contributed by atoms with Gasteiger partial charge in [0, 0.05) is 23.8 Å². The molecule has 1 amide bonds. The van der Waals surface area contributed by atoms with Gasteiger partial charge in [-0.1, -0.05) is 29.3 Å². The van der Waals surface area contributed by atoms with E-state index in [2.05, 4.69) is 5.32 Å². The average molecular weight is 445 g/mol. The van der Waals surface area contributed by atoms with Crippen molar-refractivity contribution in [2.24, 2.45) is 5.92 Å². The molecule has 0 spiro atoms. The van der Waals surface area contributed by atoms with Crippen LogP contribution in [0, 0.1) is 18.7 Å². The molecule has 0 aliphatic carbocycles. The van der Waals surface area contributed by atoms with Crippen molar-refractivity contribution in [3.63, 3.8) is 0 Å². The zero-order valence-electron chi connectivity index (χ0n) is 15.1. The van der Waals surface area contributed by atoms with Crippen LogP contribution in [-0.4, -0.2) is 31.7 Å². The topological polar surface area (TPSA) is 66.5 Å². The number of carbonyl (C=O) groups is 1. The van der Waals surface area contributed by atoms with Crippen LogP contribution < -0.4 is 5.32 Å². The maximum absolute atomic E-state index is 13.5. The highest BCUT2D eigenvalue weighted by atomic mass is 35.5. The quantitative estimate of drug-likeness (QED) is 0.755. The fourth-order valence-electron chi connectivity index (χ4n) is 3.15. The second-order valence-corrected chi connectivity index (χ2v) is 9.48. The summed E-state index contributed by atoms with van der Waals surface area (Å²) in [4.78, 5) is 12.6. The Morgan fingerprint density at radius 2 is 1.96 bits per heavy atom. The van der Waals surface area contributed by atoms with Gasteiger partial charge in [0.2, 0.25) is 15.9 Å². The predicted molar refractivity (Wildman–Crippen MR) is 108 cm³/mol. The second-order valence-electron chi connectivity index (χ2n) is 6.73. The van der Waals surface area contributed by atoms with E-state index in [0.29, 0.717) is 18.5 Å². The van der Waals surface area contributed by atoms with Gasteiger partial charge in [-0.25, -0.2) is 12.8 Å². The van der Waals surface area contributed by atoms with E-state index in [9.17, 15) is 17.6 Å². The molecular weight excluding hydrogens is 426 g/mol. The van der Waals surface area contributed by atoms with E-state index in [-0.39, 0.29) is 33.9 Å². The Hall–Kier alpha value is -1.67. The van der Waals surface area contributed by atoms with Crippen molar-refractivity contribution in [3.8, 4) is 0 Å². The number of nitrogens with one attached hydrogen (secondary N) is 1. The maximum Gasteiger partial charge on any atom is 0.244 e. The van der Waals surface area contributed by atoms with Crippen LogP contribution >= 0.6 is 23.2 Å². The minimum atomic E-state index is -3.89. The number of sulfonamides is 1. The van der Waals surface area contributed by atoms with Gasteiger partial charge in [0.25, 0.3) is 0 Å². The van der Waals surface area contributed by atoms with E-state index in [0.717, 1.165) is 5.56 Å². The number of aryl methyl sites for hydroxylation is 1. The van der Waals surface area contributed by atoms with E-state index in [1.807, 2.05) is 0 Å². The minimum Gasteiger partial charge on any atom is -0.325 e. The third kappa shape index (κ3) is 4.49. The molecule has 1 N–H and O–H groups in total. The van der Waals surface area contributed by atoms with Gasteiger partial charge in [-0.3, -0.25) is 4.79 Å². The van der Waals surface area contributed by atoms with Crippen LogP contribution in [0.2, 0.25) is 10.0 Å². The van der Waals surface area contributed by atoms with Gasteiger partial charge in [0.05, 0.1) is 10.9 Å². The Bertz CT molecular complexity index is 1010. The lowest BCUT2D eigenvalue weighted by atomic mass is 9.98. The van der Waals surface area contributed by atoms with E-state index >= 15 is 0 Å². The Morgan fingerprint density at radius 1 is 1.21 bits per heavy atom. The molecule has 9 heteroatoms. The third-order valence-corrected chi connectivity index (χ3v) is 7.31. The summed E-state index contributed by atoms with van der Waals surface area (Å²) in [6, 6.07) is 8.38. The standard InChI is InChI=1S/C19H19Cl2FN2O3S/c1-12-4-6-15(22)10-17(12)23-19(25)13-3-2-8-24(11-13)28(26,27)18-9-14(20)5-7-16(18)21/h4-7,9-10,13H,2-3,8,11H2,1H3,(H,23,25). The molecule has 1 heterocycles. The zero-order chi connectivity index (χ0) is 20.5. The lowest BCUT2D eigenvalue weighted by molar-refractivity contribution is -0.120. The molecular formula is C19H19Cl2FN2O3S. The first-order chi connectivity index (χ1) is 13.2. The lowest BCUT2D eigenvalue weighted by Crippen LogP contribution is -2.43. The van der Waals surface area contributed by atoms with Crippen molar-refractivity contribution in [1.82, 2.24) is 4.31 Å². The Balaban J connectivity index is 1.79. The number of amides is 1. The summed E-state index contributed by atoms with van der Waals surface area (Å²) in [5, 5.41) is 3.04. The van der Waals surface area contributed by atoms with E-state index in [1.54, 1.807) is 13.0 Å². The van der Waals surface area contributed by atoms with Gasteiger partial charge >= 0.3 is 0 Å². The normalized spacial score (nSPS) is 18.1. The van der Waals surface area contributed by atoms with Gasteiger partial charge in [-0.2, -0.15) is 4.31 Å². The molecule has 1 atom stereocenters. The minimum absolute atomic E-state index is 0.0192. The molecule has 1 saturated heterocycles. The molecule has 0 aromatic heterocycles. The number of carbonyl (C=O) groups excluding carboxylic acids is 1. The number of nitrogens with zero attached hydrogens (tertiary/aromatic N) is 1. The number of hydrogen-bond donors (Lipinski definition) is 1. The van der Waals surface area contributed by atoms with Crippen molar-refractivity contribution in [1.29, 1.82) is 0 Å². The fourth-order valence-corrected chi connectivity index (χ4v) is 5.41. The van der Waals surface area contributed by atoms with Gasteiger partial charge in [0.15, 0.2) is 0 Å². The molecule has 150 valence electrons.